The van der Waals surface area contributed by atoms with Crippen LogP contribution in [-0.2, 0) is 15.1 Å². The van der Waals surface area contributed by atoms with Crippen molar-refractivity contribution >= 4 is 17.8 Å². The molecule has 6 nitrogen and oxygen atoms in total. The molecule has 30 heavy (non-hydrogen) atoms. The predicted molar refractivity (Wildman–Crippen MR) is 115 cm³/mol. The molecule has 2 heterocycles. The number of carbonyl (C=O) groups excluding carboxylic acids is 3. The topological polar surface area (TPSA) is 69.7 Å². The van der Waals surface area contributed by atoms with Crippen molar-refractivity contribution in [2.45, 2.75) is 64.3 Å². The van der Waals surface area contributed by atoms with E-state index in [0.717, 1.165) is 35.9 Å². The number of hydrogen-bond acceptors (Lipinski definition) is 3. The van der Waals surface area contributed by atoms with Gasteiger partial charge in [-0.25, -0.2) is 4.79 Å². The highest BCUT2D eigenvalue weighted by molar-refractivity contribution is 6.09. The van der Waals surface area contributed by atoms with Crippen LogP contribution in [0, 0.1) is 11.8 Å². The first-order valence-electron chi connectivity index (χ1n) is 11.3. The standard InChI is InChI=1S/C24H33N3O3/c1-16(2)17-8-10-20(11-9-17)24(3)22(29)27(23(30)25-24)15-21(28)26-13-12-18-6-4-5-7-19(18)14-26/h8-11,16,18-19H,4-7,12-15H2,1-3H3,(H,25,30)/t18-,19-,24+/m1/s1. The minimum absolute atomic E-state index is 0.123. The number of carbonyl (C=O) groups is 3. The van der Waals surface area contributed by atoms with E-state index in [9.17, 15) is 14.4 Å². The molecule has 0 aromatic heterocycles. The monoisotopic (exact) mass is 411 g/mol. The van der Waals surface area contributed by atoms with Gasteiger partial charge in [0.2, 0.25) is 5.91 Å². The number of hydrogen-bond donors (Lipinski definition) is 1. The third-order valence-corrected chi connectivity index (χ3v) is 7.37. The Kier molecular flexibility index (Phi) is 5.60. The fourth-order valence-electron chi connectivity index (χ4n) is 5.30. The Hall–Kier alpha value is -2.37. The molecule has 1 saturated carbocycles. The maximum Gasteiger partial charge on any atom is 0.325 e. The van der Waals surface area contributed by atoms with Crippen LogP contribution in [0.2, 0.25) is 0 Å². The van der Waals surface area contributed by atoms with E-state index in [0.29, 0.717) is 11.8 Å². The zero-order valence-electron chi connectivity index (χ0n) is 18.3. The third kappa shape index (κ3) is 3.72. The van der Waals surface area contributed by atoms with Crippen LogP contribution in [0.15, 0.2) is 24.3 Å². The molecule has 3 atom stereocenters. The first-order valence-corrected chi connectivity index (χ1v) is 11.3. The van der Waals surface area contributed by atoms with Gasteiger partial charge in [0.1, 0.15) is 12.1 Å². The van der Waals surface area contributed by atoms with Crippen LogP contribution in [0.1, 0.15) is 69.9 Å². The third-order valence-electron chi connectivity index (χ3n) is 7.37. The van der Waals surface area contributed by atoms with E-state index in [1.165, 1.54) is 31.2 Å². The lowest BCUT2D eigenvalue weighted by atomic mass is 9.75. The smallest absolute Gasteiger partial charge is 0.325 e. The van der Waals surface area contributed by atoms with E-state index >= 15 is 0 Å². The van der Waals surface area contributed by atoms with Crippen LogP contribution in [0.4, 0.5) is 4.79 Å². The summed E-state index contributed by atoms with van der Waals surface area (Å²) in [6, 6.07) is 7.29. The summed E-state index contributed by atoms with van der Waals surface area (Å²) in [5.41, 5.74) is 0.781. The molecule has 1 aromatic rings. The highest BCUT2D eigenvalue weighted by Crippen LogP contribution is 2.36. The van der Waals surface area contributed by atoms with Gasteiger partial charge in [0.05, 0.1) is 0 Å². The second kappa shape index (κ2) is 8.05. The molecule has 162 valence electrons. The molecular weight excluding hydrogens is 378 g/mol. The summed E-state index contributed by atoms with van der Waals surface area (Å²) in [4.78, 5) is 41.7. The first kappa shape index (κ1) is 20.9. The van der Waals surface area contributed by atoms with Gasteiger partial charge in [-0.05, 0) is 48.6 Å². The zero-order chi connectivity index (χ0) is 21.5. The Bertz CT molecular complexity index is 835. The van der Waals surface area contributed by atoms with Gasteiger partial charge in [0.25, 0.3) is 5.91 Å². The van der Waals surface area contributed by atoms with E-state index in [-0.39, 0.29) is 18.4 Å². The lowest BCUT2D eigenvalue weighted by Crippen LogP contribution is -2.49. The van der Waals surface area contributed by atoms with E-state index in [4.69, 9.17) is 0 Å². The molecule has 4 amide bonds. The number of amides is 4. The largest absolute Gasteiger partial charge is 0.341 e. The lowest BCUT2D eigenvalue weighted by Gasteiger charge is -2.41. The SMILES string of the molecule is CC(C)c1ccc([C@]2(C)NC(=O)N(CC(=O)N3CC[C@H]4CCCC[C@@H]4C3)C2=O)cc1. The number of nitrogens with one attached hydrogen (secondary N) is 1. The molecule has 2 aliphatic heterocycles. The van der Waals surface area contributed by atoms with Crippen LogP contribution in [0.5, 0.6) is 0 Å². The molecule has 0 bridgehead atoms. The maximum atomic E-state index is 13.2. The van der Waals surface area contributed by atoms with Crippen LogP contribution >= 0.6 is 0 Å². The minimum atomic E-state index is -1.14. The minimum Gasteiger partial charge on any atom is -0.341 e. The average molecular weight is 412 g/mol. The predicted octanol–water partition coefficient (Wildman–Crippen LogP) is 3.62. The van der Waals surface area contributed by atoms with Crippen molar-refractivity contribution in [3.05, 3.63) is 35.4 Å². The van der Waals surface area contributed by atoms with Crippen molar-refractivity contribution in [2.75, 3.05) is 19.6 Å². The van der Waals surface area contributed by atoms with Crippen LogP contribution in [0.25, 0.3) is 0 Å². The van der Waals surface area contributed by atoms with Gasteiger partial charge in [-0.3, -0.25) is 14.5 Å². The second-order valence-electron chi connectivity index (χ2n) is 9.66. The van der Waals surface area contributed by atoms with Crippen molar-refractivity contribution in [1.82, 2.24) is 15.1 Å². The van der Waals surface area contributed by atoms with Crippen LogP contribution in [0.3, 0.4) is 0 Å². The van der Waals surface area contributed by atoms with Crippen LogP contribution in [-0.4, -0.2) is 47.3 Å². The van der Waals surface area contributed by atoms with Crippen molar-refractivity contribution in [2.24, 2.45) is 11.8 Å². The number of likely N-dealkylation sites (tertiary alicyclic amines) is 1. The summed E-state index contributed by atoms with van der Waals surface area (Å²) in [7, 11) is 0. The van der Waals surface area contributed by atoms with Crippen molar-refractivity contribution < 1.29 is 14.4 Å². The number of urea groups is 1. The van der Waals surface area contributed by atoms with Gasteiger partial charge in [-0.15, -0.1) is 0 Å². The number of nitrogens with zero attached hydrogens (tertiary/aromatic N) is 2. The van der Waals surface area contributed by atoms with Crippen LogP contribution < -0.4 is 5.32 Å². The molecule has 1 aromatic carbocycles. The van der Waals surface area contributed by atoms with Gasteiger partial charge in [0.15, 0.2) is 0 Å². The van der Waals surface area contributed by atoms with E-state index in [1.54, 1.807) is 6.92 Å². The number of benzene rings is 1. The van der Waals surface area contributed by atoms with Crippen molar-refractivity contribution in [1.29, 1.82) is 0 Å². The number of rotatable bonds is 4. The van der Waals surface area contributed by atoms with E-state index in [1.807, 2.05) is 29.2 Å². The Labute approximate surface area is 179 Å². The lowest BCUT2D eigenvalue weighted by molar-refractivity contribution is -0.140. The van der Waals surface area contributed by atoms with Crippen molar-refractivity contribution in [3.8, 4) is 0 Å². The summed E-state index contributed by atoms with van der Waals surface area (Å²) < 4.78 is 0. The van der Waals surface area contributed by atoms with Gasteiger partial charge >= 0.3 is 6.03 Å². The van der Waals surface area contributed by atoms with Crippen molar-refractivity contribution in [3.63, 3.8) is 0 Å². The molecule has 1 N–H and O–H groups in total. The van der Waals surface area contributed by atoms with Gasteiger partial charge in [-0.2, -0.15) is 0 Å². The average Bonchev–Trinajstić information content (AvgIpc) is 2.97. The van der Waals surface area contributed by atoms with Gasteiger partial charge in [-0.1, -0.05) is 57.4 Å². The molecule has 2 saturated heterocycles. The molecule has 0 spiro atoms. The summed E-state index contributed by atoms with van der Waals surface area (Å²) in [6.45, 7) is 7.27. The van der Waals surface area contributed by atoms with E-state index < -0.39 is 11.6 Å². The summed E-state index contributed by atoms with van der Waals surface area (Å²) in [5, 5.41) is 2.82. The van der Waals surface area contributed by atoms with Gasteiger partial charge in [0, 0.05) is 13.1 Å². The highest BCUT2D eigenvalue weighted by Gasteiger charge is 2.50. The molecule has 3 aliphatic rings. The molecule has 0 radical (unpaired) electrons. The first-order chi connectivity index (χ1) is 14.3. The number of imide groups is 1. The Balaban J connectivity index is 1.44. The Morgan fingerprint density at radius 1 is 1.10 bits per heavy atom. The molecular formula is C24H33N3O3. The number of fused-ring (bicyclic) bond motifs is 1. The number of piperidine rings is 1. The second-order valence-corrected chi connectivity index (χ2v) is 9.66. The summed E-state index contributed by atoms with van der Waals surface area (Å²) >= 11 is 0. The summed E-state index contributed by atoms with van der Waals surface area (Å²) in [6.07, 6.45) is 6.03. The molecule has 6 heteroatoms. The zero-order valence-corrected chi connectivity index (χ0v) is 18.3. The molecule has 1 aliphatic carbocycles. The maximum absolute atomic E-state index is 13.2. The molecule has 4 rings (SSSR count). The Morgan fingerprint density at radius 3 is 2.43 bits per heavy atom. The molecule has 0 unspecified atom stereocenters. The van der Waals surface area contributed by atoms with E-state index in [2.05, 4.69) is 19.2 Å². The Morgan fingerprint density at radius 2 is 1.77 bits per heavy atom. The fraction of sp³-hybridized carbons (Fsp3) is 0.625. The quantitative estimate of drug-likeness (QED) is 0.770. The molecule has 3 fully saturated rings. The van der Waals surface area contributed by atoms with Gasteiger partial charge < -0.3 is 10.2 Å². The normalized spacial score (nSPS) is 29.2. The highest BCUT2D eigenvalue weighted by atomic mass is 16.2. The fourth-order valence-corrected chi connectivity index (χ4v) is 5.30. The summed E-state index contributed by atoms with van der Waals surface area (Å²) in [5.74, 6) is 1.22.